The fourth-order valence-corrected chi connectivity index (χ4v) is 5.00. The fraction of sp³-hybridized carbons (Fsp3) is 0.481. The third kappa shape index (κ3) is 8.33. The van der Waals surface area contributed by atoms with Crippen LogP contribution in [0.5, 0.6) is 0 Å². The Morgan fingerprint density at radius 3 is 2.22 bits per heavy atom. The van der Waals surface area contributed by atoms with E-state index in [4.69, 9.17) is 0 Å². The largest absolute Gasteiger partial charge is 0.352 e. The summed E-state index contributed by atoms with van der Waals surface area (Å²) in [6.07, 6.45) is 2.66. The van der Waals surface area contributed by atoms with Crippen molar-refractivity contribution in [1.82, 2.24) is 10.2 Å². The summed E-state index contributed by atoms with van der Waals surface area (Å²) < 4.78 is 39.7. The molecular weight excluding hydrogens is 481 g/mol. The van der Waals surface area contributed by atoms with Gasteiger partial charge in [0.05, 0.1) is 11.9 Å². The van der Waals surface area contributed by atoms with Gasteiger partial charge in [-0.2, -0.15) is 0 Å². The molecule has 2 rings (SSSR count). The topological polar surface area (TPSA) is 86.8 Å². The molecule has 0 heterocycles. The van der Waals surface area contributed by atoms with E-state index < -0.39 is 16.1 Å². The molecule has 2 aromatic carbocycles. The molecular formula is C27H38FN3O4S. The van der Waals surface area contributed by atoms with E-state index >= 15 is 0 Å². The molecule has 0 radical (unpaired) electrons. The molecule has 36 heavy (non-hydrogen) atoms. The van der Waals surface area contributed by atoms with Gasteiger partial charge < -0.3 is 10.2 Å². The van der Waals surface area contributed by atoms with Crippen LogP contribution in [0.25, 0.3) is 0 Å². The zero-order valence-corrected chi connectivity index (χ0v) is 22.6. The van der Waals surface area contributed by atoms with Crippen LogP contribution in [0.4, 0.5) is 10.1 Å². The Kier molecular flexibility index (Phi) is 10.9. The third-order valence-electron chi connectivity index (χ3n) is 6.19. The SMILES string of the molecule is CC[C@@H](C)NC(=O)[C@@H](CC)N(Cc1ccc(F)cc1)C(=O)CCCN(c1ccccc1C)S(C)(=O)=O. The Balaban J connectivity index is 2.23. The Bertz CT molecular complexity index is 1120. The molecule has 0 aliphatic carbocycles. The predicted octanol–water partition coefficient (Wildman–Crippen LogP) is 4.40. The number of hydrogen-bond acceptors (Lipinski definition) is 4. The number of para-hydroxylation sites is 1. The molecule has 2 amide bonds. The first-order valence-electron chi connectivity index (χ1n) is 12.4. The molecule has 9 heteroatoms. The van der Waals surface area contributed by atoms with E-state index in [1.54, 1.807) is 24.3 Å². The molecule has 0 aliphatic heterocycles. The fourth-order valence-electron chi connectivity index (χ4n) is 3.97. The highest BCUT2D eigenvalue weighted by Crippen LogP contribution is 2.23. The summed E-state index contributed by atoms with van der Waals surface area (Å²) in [5, 5.41) is 2.95. The van der Waals surface area contributed by atoms with Gasteiger partial charge in [-0.15, -0.1) is 0 Å². The van der Waals surface area contributed by atoms with E-state index in [-0.39, 0.29) is 49.6 Å². The maximum atomic E-state index is 13.4. The van der Waals surface area contributed by atoms with Crippen LogP contribution in [-0.2, 0) is 26.2 Å². The molecule has 0 bridgehead atoms. The number of carbonyl (C=O) groups is 2. The summed E-state index contributed by atoms with van der Waals surface area (Å²) in [5.74, 6) is -0.876. The second kappa shape index (κ2) is 13.4. The summed E-state index contributed by atoms with van der Waals surface area (Å²) in [4.78, 5) is 27.9. The number of amides is 2. The molecule has 0 aromatic heterocycles. The Morgan fingerprint density at radius 2 is 1.67 bits per heavy atom. The lowest BCUT2D eigenvalue weighted by Gasteiger charge is -2.32. The van der Waals surface area contributed by atoms with Crippen LogP contribution in [0, 0.1) is 12.7 Å². The normalized spacial score (nSPS) is 13.1. The minimum atomic E-state index is -3.55. The lowest BCUT2D eigenvalue weighted by Crippen LogP contribution is -2.50. The molecule has 0 saturated carbocycles. The van der Waals surface area contributed by atoms with E-state index in [9.17, 15) is 22.4 Å². The van der Waals surface area contributed by atoms with Crippen molar-refractivity contribution in [2.24, 2.45) is 0 Å². The van der Waals surface area contributed by atoms with Crippen LogP contribution < -0.4 is 9.62 Å². The van der Waals surface area contributed by atoms with Gasteiger partial charge in [0.25, 0.3) is 0 Å². The maximum Gasteiger partial charge on any atom is 0.243 e. The lowest BCUT2D eigenvalue weighted by molar-refractivity contribution is -0.141. The average molecular weight is 520 g/mol. The first kappa shape index (κ1) is 29.3. The highest BCUT2D eigenvalue weighted by molar-refractivity contribution is 7.92. The molecule has 0 unspecified atom stereocenters. The predicted molar refractivity (Wildman–Crippen MR) is 142 cm³/mol. The number of hydrogen-bond donors (Lipinski definition) is 1. The lowest BCUT2D eigenvalue weighted by atomic mass is 10.1. The van der Waals surface area contributed by atoms with Crippen molar-refractivity contribution in [3.63, 3.8) is 0 Å². The summed E-state index contributed by atoms with van der Waals surface area (Å²) in [5.41, 5.74) is 2.10. The molecule has 1 N–H and O–H groups in total. The van der Waals surface area contributed by atoms with Crippen LogP contribution in [0.3, 0.4) is 0 Å². The van der Waals surface area contributed by atoms with Crippen molar-refractivity contribution in [2.75, 3.05) is 17.1 Å². The van der Waals surface area contributed by atoms with Gasteiger partial charge in [0.1, 0.15) is 11.9 Å². The van der Waals surface area contributed by atoms with Gasteiger partial charge in [-0.25, -0.2) is 12.8 Å². The number of aryl methyl sites for hydroxylation is 1. The summed E-state index contributed by atoms with van der Waals surface area (Å²) in [6, 6.07) is 12.3. The summed E-state index contributed by atoms with van der Waals surface area (Å²) in [6.45, 7) is 7.84. The first-order chi connectivity index (χ1) is 17.0. The second-order valence-corrected chi connectivity index (χ2v) is 11.0. The summed E-state index contributed by atoms with van der Waals surface area (Å²) >= 11 is 0. The van der Waals surface area contributed by atoms with Crippen molar-refractivity contribution in [3.05, 3.63) is 65.5 Å². The van der Waals surface area contributed by atoms with Gasteiger partial charge in [-0.1, -0.05) is 44.2 Å². The van der Waals surface area contributed by atoms with Crippen molar-refractivity contribution >= 4 is 27.5 Å². The van der Waals surface area contributed by atoms with Gasteiger partial charge >= 0.3 is 0 Å². The number of rotatable bonds is 13. The standard InChI is InChI=1S/C27H38FN3O4S/c1-6-21(4)29-27(33)24(7-2)30(19-22-14-16-23(28)17-15-22)26(32)13-10-18-31(36(5,34)35)25-12-9-8-11-20(25)3/h8-9,11-12,14-17,21,24H,6-7,10,13,18-19H2,1-5H3,(H,29,33)/t21-,24-/m1/s1. The van der Waals surface area contributed by atoms with Crippen molar-refractivity contribution in [2.45, 2.75) is 72.0 Å². The van der Waals surface area contributed by atoms with Gasteiger partial charge in [0, 0.05) is 25.6 Å². The quantitative estimate of drug-likeness (QED) is 0.425. The van der Waals surface area contributed by atoms with E-state index in [1.165, 1.54) is 21.3 Å². The van der Waals surface area contributed by atoms with Crippen molar-refractivity contribution < 1.29 is 22.4 Å². The molecule has 2 atom stereocenters. The smallest absolute Gasteiger partial charge is 0.243 e. The zero-order valence-electron chi connectivity index (χ0n) is 21.8. The van der Waals surface area contributed by atoms with Gasteiger partial charge in [-0.3, -0.25) is 13.9 Å². The van der Waals surface area contributed by atoms with Gasteiger partial charge in [-0.05, 0) is 62.4 Å². The number of benzene rings is 2. The minimum absolute atomic E-state index is 0.0354. The van der Waals surface area contributed by atoms with Crippen molar-refractivity contribution in [1.29, 1.82) is 0 Å². The third-order valence-corrected chi connectivity index (χ3v) is 7.37. The second-order valence-electron chi connectivity index (χ2n) is 9.12. The molecule has 0 fully saturated rings. The van der Waals surface area contributed by atoms with Gasteiger partial charge in [0.15, 0.2) is 0 Å². The number of sulfonamides is 1. The van der Waals surface area contributed by atoms with Crippen LogP contribution in [-0.4, -0.2) is 50.0 Å². The molecule has 198 valence electrons. The maximum absolute atomic E-state index is 13.4. The van der Waals surface area contributed by atoms with E-state index in [1.807, 2.05) is 39.8 Å². The van der Waals surface area contributed by atoms with Crippen LogP contribution >= 0.6 is 0 Å². The Labute approximate surface area is 214 Å². The van der Waals surface area contributed by atoms with E-state index in [0.717, 1.165) is 18.2 Å². The number of nitrogens with zero attached hydrogens (tertiary/aromatic N) is 2. The Hall–Kier alpha value is -2.94. The Morgan fingerprint density at radius 1 is 1.03 bits per heavy atom. The number of anilines is 1. The van der Waals surface area contributed by atoms with Crippen LogP contribution in [0.1, 0.15) is 57.6 Å². The summed E-state index contributed by atoms with van der Waals surface area (Å²) in [7, 11) is -3.55. The molecule has 0 aliphatic rings. The average Bonchev–Trinajstić information content (AvgIpc) is 2.82. The molecule has 2 aromatic rings. The van der Waals surface area contributed by atoms with Crippen molar-refractivity contribution in [3.8, 4) is 0 Å². The molecule has 7 nitrogen and oxygen atoms in total. The number of nitrogens with one attached hydrogen (secondary N) is 1. The molecule has 0 spiro atoms. The first-order valence-corrected chi connectivity index (χ1v) is 14.2. The highest BCUT2D eigenvalue weighted by Gasteiger charge is 2.29. The highest BCUT2D eigenvalue weighted by atomic mass is 32.2. The molecule has 0 saturated heterocycles. The zero-order chi connectivity index (χ0) is 26.9. The van der Waals surface area contributed by atoms with Crippen LogP contribution in [0.2, 0.25) is 0 Å². The minimum Gasteiger partial charge on any atom is -0.352 e. The van der Waals surface area contributed by atoms with E-state index in [0.29, 0.717) is 17.7 Å². The van der Waals surface area contributed by atoms with Crippen LogP contribution in [0.15, 0.2) is 48.5 Å². The number of halogens is 1. The van der Waals surface area contributed by atoms with Gasteiger partial charge in [0.2, 0.25) is 21.8 Å². The monoisotopic (exact) mass is 519 g/mol. The van der Waals surface area contributed by atoms with E-state index in [2.05, 4.69) is 5.32 Å². The number of carbonyl (C=O) groups excluding carboxylic acids is 2.